The summed E-state index contributed by atoms with van der Waals surface area (Å²) in [5.74, 6) is 1.29. The second-order valence-electron chi connectivity index (χ2n) is 6.94. The number of hydrogen-bond acceptors (Lipinski definition) is 2. The molecule has 0 aliphatic carbocycles. The maximum absolute atomic E-state index is 12.9. The lowest BCUT2D eigenvalue weighted by molar-refractivity contribution is -0.122. The van der Waals surface area contributed by atoms with Gasteiger partial charge in [0.25, 0.3) is 5.91 Å². The lowest BCUT2D eigenvalue weighted by Crippen LogP contribution is -2.33. The first-order valence-corrected chi connectivity index (χ1v) is 9.09. The standard InChI is InChI=1S/C22H29NO2/c1-6-20(25-17-11-8-7-9-12-17)22(24)23-21-18(15(2)3)13-10-14-19(21)16(4)5/h7-16,20H,6H2,1-5H3,(H,23,24)/t20-/m1/s1. The minimum Gasteiger partial charge on any atom is -0.481 e. The first-order chi connectivity index (χ1) is 11.9. The fourth-order valence-corrected chi connectivity index (χ4v) is 2.88. The van der Waals surface area contributed by atoms with E-state index in [0.717, 1.165) is 16.8 Å². The van der Waals surface area contributed by atoms with Crippen molar-refractivity contribution in [1.82, 2.24) is 0 Å². The van der Waals surface area contributed by atoms with Crippen molar-refractivity contribution in [3.63, 3.8) is 0 Å². The van der Waals surface area contributed by atoms with Gasteiger partial charge in [-0.15, -0.1) is 0 Å². The van der Waals surface area contributed by atoms with E-state index in [1.807, 2.05) is 37.3 Å². The summed E-state index contributed by atoms with van der Waals surface area (Å²) in [6.07, 6.45) is 0.101. The number of hydrogen-bond donors (Lipinski definition) is 1. The molecule has 2 aromatic carbocycles. The highest BCUT2D eigenvalue weighted by atomic mass is 16.5. The summed E-state index contributed by atoms with van der Waals surface area (Å²) in [7, 11) is 0. The molecule has 1 amide bonds. The van der Waals surface area contributed by atoms with Crippen LogP contribution in [0.1, 0.15) is 64.0 Å². The van der Waals surface area contributed by atoms with Gasteiger partial charge in [-0.2, -0.15) is 0 Å². The van der Waals surface area contributed by atoms with Gasteiger partial charge in [-0.25, -0.2) is 0 Å². The van der Waals surface area contributed by atoms with Crippen molar-refractivity contribution in [3.05, 3.63) is 59.7 Å². The summed E-state index contributed by atoms with van der Waals surface area (Å²) in [6, 6.07) is 15.7. The average Bonchev–Trinajstić information content (AvgIpc) is 2.60. The molecule has 0 fully saturated rings. The molecule has 25 heavy (non-hydrogen) atoms. The third-order valence-electron chi connectivity index (χ3n) is 4.31. The van der Waals surface area contributed by atoms with Crippen molar-refractivity contribution in [2.24, 2.45) is 0 Å². The molecule has 0 radical (unpaired) electrons. The Labute approximate surface area is 151 Å². The Morgan fingerprint density at radius 1 is 0.920 bits per heavy atom. The van der Waals surface area contributed by atoms with E-state index in [4.69, 9.17) is 4.74 Å². The number of benzene rings is 2. The number of carbonyl (C=O) groups is 1. The van der Waals surface area contributed by atoms with Gasteiger partial charge in [0.2, 0.25) is 0 Å². The largest absolute Gasteiger partial charge is 0.481 e. The van der Waals surface area contributed by atoms with Crippen molar-refractivity contribution in [2.45, 2.75) is 59.0 Å². The molecule has 1 atom stereocenters. The molecule has 134 valence electrons. The van der Waals surface area contributed by atoms with Crippen molar-refractivity contribution in [3.8, 4) is 5.75 Å². The van der Waals surface area contributed by atoms with Gasteiger partial charge in [-0.05, 0) is 41.5 Å². The summed E-state index contributed by atoms with van der Waals surface area (Å²) >= 11 is 0. The molecule has 0 aromatic heterocycles. The molecule has 0 aliphatic rings. The predicted molar refractivity (Wildman–Crippen MR) is 104 cm³/mol. The number of nitrogens with one attached hydrogen (secondary N) is 1. The lowest BCUT2D eigenvalue weighted by atomic mass is 9.92. The fraction of sp³-hybridized carbons (Fsp3) is 0.409. The van der Waals surface area contributed by atoms with E-state index in [1.54, 1.807) is 0 Å². The highest BCUT2D eigenvalue weighted by molar-refractivity contribution is 5.96. The van der Waals surface area contributed by atoms with Crippen LogP contribution in [0.4, 0.5) is 5.69 Å². The van der Waals surface area contributed by atoms with Crippen LogP contribution in [0.3, 0.4) is 0 Å². The Kier molecular flexibility index (Phi) is 6.63. The van der Waals surface area contributed by atoms with E-state index in [1.165, 1.54) is 0 Å². The molecule has 0 unspecified atom stereocenters. The van der Waals surface area contributed by atoms with Gasteiger partial charge in [0, 0.05) is 5.69 Å². The number of amides is 1. The number of anilines is 1. The molecular formula is C22H29NO2. The van der Waals surface area contributed by atoms with Crippen molar-refractivity contribution in [2.75, 3.05) is 5.32 Å². The normalized spacial score (nSPS) is 12.3. The molecule has 2 aromatic rings. The van der Waals surface area contributed by atoms with Crippen LogP contribution in [0.25, 0.3) is 0 Å². The smallest absolute Gasteiger partial charge is 0.265 e. The van der Waals surface area contributed by atoms with E-state index in [0.29, 0.717) is 24.0 Å². The van der Waals surface area contributed by atoms with Gasteiger partial charge in [-0.1, -0.05) is 71.0 Å². The molecule has 0 saturated heterocycles. The van der Waals surface area contributed by atoms with Crippen molar-refractivity contribution >= 4 is 11.6 Å². The SMILES string of the molecule is CC[C@@H](Oc1ccccc1)C(=O)Nc1c(C(C)C)cccc1C(C)C. The second-order valence-corrected chi connectivity index (χ2v) is 6.94. The van der Waals surface area contributed by atoms with Crippen LogP contribution in [0.2, 0.25) is 0 Å². The van der Waals surface area contributed by atoms with Gasteiger partial charge in [0.15, 0.2) is 6.10 Å². The Balaban J connectivity index is 2.26. The minimum atomic E-state index is -0.511. The molecule has 3 heteroatoms. The molecule has 1 N–H and O–H groups in total. The van der Waals surface area contributed by atoms with Crippen LogP contribution in [0.15, 0.2) is 48.5 Å². The molecule has 0 heterocycles. The first-order valence-electron chi connectivity index (χ1n) is 9.09. The molecule has 0 saturated carbocycles. The highest BCUT2D eigenvalue weighted by Gasteiger charge is 2.22. The van der Waals surface area contributed by atoms with Crippen molar-refractivity contribution in [1.29, 1.82) is 0 Å². The zero-order valence-electron chi connectivity index (χ0n) is 15.9. The van der Waals surface area contributed by atoms with Crippen LogP contribution in [-0.2, 0) is 4.79 Å². The van der Waals surface area contributed by atoms with Gasteiger partial charge < -0.3 is 10.1 Å². The number of carbonyl (C=O) groups excluding carboxylic acids is 1. The molecule has 0 aliphatic heterocycles. The monoisotopic (exact) mass is 339 g/mol. The fourth-order valence-electron chi connectivity index (χ4n) is 2.88. The summed E-state index contributed by atoms with van der Waals surface area (Å²) in [4.78, 5) is 12.9. The molecule has 0 bridgehead atoms. The molecule has 2 rings (SSSR count). The summed E-state index contributed by atoms with van der Waals surface area (Å²) in [5, 5.41) is 3.15. The van der Waals surface area contributed by atoms with Crippen LogP contribution in [0, 0.1) is 0 Å². The third-order valence-corrected chi connectivity index (χ3v) is 4.31. The van der Waals surface area contributed by atoms with Gasteiger partial charge in [0.1, 0.15) is 5.75 Å². The lowest BCUT2D eigenvalue weighted by Gasteiger charge is -2.23. The van der Waals surface area contributed by atoms with Crippen LogP contribution in [-0.4, -0.2) is 12.0 Å². The number of para-hydroxylation sites is 2. The molecular weight excluding hydrogens is 310 g/mol. The quantitative estimate of drug-likeness (QED) is 0.699. The molecule has 3 nitrogen and oxygen atoms in total. The van der Waals surface area contributed by atoms with E-state index in [9.17, 15) is 4.79 Å². The Morgan fingerprint density at radius 2 is 1.48 bits per heavy atom. The van der Waals surface area contributed by atoms with Crippen molar-refractivity contribution < 1.29 is 9.53 Å². The zero-order chi connectivity index (χ0) is 18.4. The highest BCUT2D eigenvalue weighted by Crippen LogP contribution is 2.32. The third kappa shape index (κ3) is 4.85. The summed E-state index contributed by atoms with van der Waals surface area (Å²) in [6.45, 7) is 10.5. The number of rotatable bonds is 7. The van der Waals surface area contributed by atoms with E-state index in [2.05, 4.69) is 51.2 Å². The van der Waals surface area contributed by atoms with E-state index < -0.39 is 6.10 Å². The van der Waals surface area contributed by atoms with Crippen LogP contribution in [0.5, 0.6) is 5.75 Å². The van der Waals surface area contributed by atoms with Crippen LogP contribution < -0.4 is 10.1 Å². The second kappa shape index (κ2) is 8.70. The Morgan fingerprint density at radius 3 is 1.96 bits per heavy atom. The Bertz CT molecular complexity index is 666. The topological polar surface area (TPSA) is 38.3 Å². The van der Waals surface area contributed by atoms with Gasteiger partial charge in [-0.3, -0.25) is 4.79 Å². The first kappa shape index (κ1) is 19.0. The zero-order valence-corrected chi connectivity index (χ0v) is 15.9. The summed E-state index contributed by atoms with van der Waals surface area (Å²) in [5.41, 5.74) is 3.26. The maximum Gasteiger partial charge on any atom is 0.265 e. The van der Waals surface area contributed by atoms with Gasteiger partial charge >= 0.3 is 0 Å². The number of ether oxygens (including phenoxy) is 1. The molecule has 0 spiro atoms. The van der Waals surface area contributed by atoms with E-state index in [-0.39, 0.29) is 5.91 Å². The van der Waals surface area contributed by atoms with E-state index >= 15 is 0 Å². The predicted octanol–water partition coefficient (Wildman–Crippen LogP) is 5.73. The van der Waals surface area contributed by atoms with Crippen LogP contribution >= 0.6 is 0 Å². The minimum absolute atomic E-state index is 0.0960. The van der Waals surface area contributed by atoms with Gasteiger partial charge in [0.05, 0.1) is 0 Å². The summed E-state index contributed by atoms with van der Waals surface area (Å²) < 4.78 is 5.89. The maximum atomic E-state index is 12.9. The Hall–Kier alpha value is -2.29. The average molecular weight is 339 g/mol.